The average molecular weight is 226 g/mol. The molecule has 0 unspecified atom stereocenters. The maximum atomic E-state index is 12.7. The highest BCUT2D eigenvalue weighted by Gasteiger charge is 2.18. The minimum Gasteiger partial charge on any atom is -0.392 e. The van der Waals surface area contributed by atoms with Gasteiger partial charge in [0.2, 0.25) is 5.95 Å². The highest BCUT2D eigenvalue weighted by Crippen LogP contribution is 2.26. The van der Waals surface area contributed by atoms with E-state index in [2.05, 4.69) is 4.98 Å². The predicted molar refractivity (Wildman–Crippen MR) is 44.6 cm³/mol. The van der Waals surface area contributed by atoms with E-state index < -0.39 is 24.5 Å². The van der Waals surface area contributed by atoms with Crippen LogP contribution in [0.25, 0.3) is 0 Å². The van der Waals surface area contributed by atoms with Gasteiger partial charge < -0.3 is 5.11 Å². The molecule has 1 rings (SSSR count). The molecule has 1 N–H and O–H groups in total. The van der Waals surface area contributed by atoms with Gasteiger partial charge in [0.15, 0.2) is 0 Å². The normalized spacial score (nSPS) is 11.0. The van der Waals surface area contributed by atoms with Crippen molar-refractivity contribution in [3.8, 4) is 0 Å². The zero-order valence-electron chi connectivity index (χ0n) is 6.98. The van der Waals surface area contributed by atoms with E-state index in [1.165, 1.54) is 0 Å². The number of aliphatic hydroxyl groups is 1. The van der Waals surface area contributed by atoms with Gasteiger partial charge in [-0.1, -0.05) is 0 Å². The first-order chi connectivity index (χ1) is 6.60. The minimum absolute atomic E-state index is 0.0514. The lowest BCUT2D eigenvalue weighted by atomic mass is 10.1. The summed E-state index contributed by atoms with van der Waals surface area (Å²) in [4.78, 5) is 3.31. The molecule has 0 atom stereocenters. The summed E-state index contributed by atoms with van der Waals surface area (Å²) in [5.41, 5.74) is -0.712. The second kappa shape index (κ2) is 4.61. The van der Waals surface area contributed by atoms with E-state index in [1.807, 2.05) is 0 Å². The molecule has 0 aliphatic heterocycles. The van der Waals surface area contributed by atoms with E-state index in [4.69, 9.17) is 16.7 Å². The number of pyridine rings is 1. The van der Waals surface area contributed by atoms with Crippen LogP contribution in [0, 0.1) is 5.95 Å². The average Bonchev–Trinajstić information content (AvgIpc) is 2.16. The number of halogens is 4. The third kappa shape index (κ3) is 2.16. The fourth-order valence-corrected chi connectivity index (χ4v) is 1.32. The second-order valence-electron chi connectivity index (χ2n) is 2.55. The molecule has 1 aromatic heterocycles. The summed E-state index contributed by atoms with van der Waals surface area (Å²) in [6, 6.07) is 0.603. The van der Waals surface area contributed by atoms with Crippen LogP contribution in [-0.4, -0.2) is 10.1 Å². The molecular weight excluding hydrogens is 219 g/mol. The van der Waals surface area contributed by atoms with Gasteiger partial charge in [-0.05, 0) is 0 Å². The Hall–Kier alpha value is -0.810. The Kier molecular flexibility index (Phi) is 3.71. The maximum absolute atomic E-state index is 12.7. The Bertz CT molecular complexity index is 333. The Morgan fingerprint density at radius 1 is 1.50 bits per heavy atom. The highest BCUT2D eigenvalue weighted by atomic mass is 35.5. The molecule has 0 saturated heterocycles. The van der Waals surface area contributed by atoms with Crippen molar-refractivity contribution in [2.45, 2.75) is 18.9 Å². The molecule has 0 spiro atoms. The van der Waals surface area contributed by atoms with Gasteiger partial charge in [-0.3, -0.25) is 0 Å². The standard InChI is InChI=1S/C8H7ClF3NO/c9-2-6-5(3-14)4(8(11)12)1-7(10)13-6/h1,8,14H,2-3H2. The molecular formula is C8H7ClF3NO. The number of hydrogen-bond donors (Lipinski definition) is 1. The van der Waals surface area contributed by atoms with Crippen LogP contribution in [0.15, 0.2) is 6.07 Å². The Balaban J connectivity index is 3.31. The van der Waals surface area contributed by atoms with E-state index in [0.717, 1.165) is 0 Å². The molecule has 14 heavy (non-hydrogen) atoms. The van der Waals surface area contributed by atoms with Gasteiger partial charge in [0.1, 0.15) is 0 Å². The molecule has 0 aromatic carbocycles. The van der Waals surface area contributed by atoms with Crippen LogP contribution < -0.4 is 0 Å². The first-order valence-corrected chi connectivity index (χ1v) is 4.26. The maximum Gasteiger partial charge on any atom is 0.264 e. The lowest BCUT2D eigenvalue weighted by Crippen LogP contribution is -2.04. The summed E-state index contributed by atoms with van der Waals surface area (Å²) in [7, 11) is 0. The van der Waals surface area contributed by atoms with E-state index in [1.54, 1.807) is 0 Å². The van der Waals surface area contributed by atoms with Gasteiger partial charge in [0.05, 0.1) is 18.2 Å². The molecule has 0 radical (unpaired) electrons. The van der Waals surface area contributed by atoms with E-state index in [-0.39, 0.29) is 17.1 Å². The molecule has 0 fully saturated rings. The topological polar surface area (TPSA) is 33.1 Å². The van der Waals surface area contributed by atoms with Gasteiger partial charge in [-0.25, -0.2) is 13.8 Å². The second-order valence-corrected chi connectivity index (χ2v) is 2.82. The molecule has 0 aliphatic carbocycles. The van der Waals surface area contributed by atoms with Crippen LogP contribution in [0.2, 0.25) is 0 Å². The van der Waals surface area contributed by atoms with Crippen molar-refractivity contribution in [1.82, 2.24) is 4.98 Å². The van der Waals surface area contributed by atoms with Crippen molar-refractivity contribution in [3.05, 3.63) is 28.8 Å². The summed E-state index contributed by atoms with van der Waals surface area (Å²) in [6.07, 6.45) is -2.85. The summed E-state index contributed by atoms with van der Waals surface area (Å²) < 4.78 is 37.4. The number of hydrogen-bond acceptors (Lipinski definition) is 2. The smallest absolute Gasteiger partial charge is 0.264 e. The molecule has 0 bridgehead atoms. The number of aliphatic hydroxyl groups excluding tert-OH is 1. The molecule has 1 heterocycles. The van der Waals surface area contributed by atoms with Crippen LogP contribution >= 0.6 is 11.6 Å². The van der Waals surface area contributed by atoms with Crippen LogP contribution in [0.3, 0.4) is 0 Å². The first-order valence-electron chi connectivity index (χ1n) is 3.73. The summed E-state index contributed by atoms with van der Waals surface area (Å²) >= 11 is 5.37. The highest BCUT2D eigenvalue weighted by molar-refractivity contribution is 6.17. The molecule has 6 heteroatoms. The van der Waals surface area contributed by atoms with Crippen molar-refractivity contribution >= 4 is 11.6 Å². The lowest BCUT2D eigenvalue weighted by molar-refractivity contribution is 0.146. The first kappa shape index (κ1) is 11.3. The number of alkyl halides is 3. The summed E-state index contributed by atoms with van der Waals surface area (Å²) in [5.74, 6) is -1.24. The van der Waals surface area contributed by atoms with E-state index >= 15 is 0 Å². The SMILES string of the molecule is OCc1c(C(F)F)cc(F)nc1CCl. The largest absolute Gasteiger partial charge is 0.392 e. The van der Waals surface area contributed by atoms with Crippen LogP contribution in [-0.2, 0) is 12.5 Å². The molecule has 0 amide bonds. The fourth-order valence-electron chi connectivity index (χ4n) is 1.10. The Labute approximate surface area is 83.3 Å². The minimum atomic E-state index is -2.85. The van der Waals surface area contributed by atoms with Gasteiger partial charge in [-0.2, -0.15) is 4.39 Å². The molecule has 78 valence electrons. The molecule has 0 saturated carbocycles. The summed E-state index contributed by atoms with van der Waals surface area (Å²) in [5, 5.41) is 8.82. The number of aromatic nitrogens is 1. The van der Waals surface area contributed by atoms with Crippen LogP contribution in [0.1, 0.15) is 23.2 Å². The summed E-state index contributed by atoms with van der Waals surface area (Å²) in [6.45, 7) is -0.630. The van der Waals surface area contributed by atoms with Gasteiger partial charge in [-0.15, -0.1) is 11.6 Å². The molecule has 1 aromatic rings. The lowest BCUT2D eigenvalue weighted by Gasteiger charge is -2.09. The van der Waals surface area contributed by atoms with Crippen molar-refractivity contribution in [3.63, 3.8) is 0 Å². The van der Waals surface area contributed by atoms with Crippen molar-refractivity contribution in [2.24, 2.45) is 0 Å². The zero-order valence-corrected chi connectivity index (χ0v) is 7.73. The van der Waals surface area contributed by atoms with Crippen molar-refractivity contribution in [2.75, 3.05) is 0 Å². The number of rotatable bonds is 3. The Morgan fingerprint density at radius 2 is 2.14 bits per heavy atom. The van der Waals surface area contributed by atoms with Crippen LogP contribution in [0.4, 0.5) is 13.2 Å². The van der Waals surface area contributed by atoms with Crippen molar-refractivity contribution < 1.29 is 18.3 Å². The van der Waals surface area contributed by atoms with Gasteiger partial charge in [0, 0.05) is 17.2 Å². The quantitative estimate of drug-likeness (QED) is 0.633. The Morgan fingerprint density at radius 3 is 2.57 bits per heavy atom. The van der Waals surface area contributed by atoms with Gasteiger partial charge >= 0.3 is 0 Å². The zero-order chi connectivity index (χ0) is 10.7. The molecule has 0 aliphatic rings. The van der Waals surface area contributed by atoms with Crippen LogP contribution in [0.5, 0.6) is 0 Å². The predicted octanol–water partition coefficient (Wildman–Crippen LogP) is 2.39. The molecule has 2 nitrogen and oxygen atoms in total. The monoisotopic (exact) mass is 225 g/mol. The third-order valence-electron chi connectivity index (χ3n) is 1.73. The van der Waals surface area contributed by atoms with Gasteiger partial charge in [0.25, 0.3) is 6.43 Å². The number of nitrogens with zero attached hydrogens (tertiary/aromatic N) is 1. The van der Waals surface area contributed by atoms with E-state index in [9.17, 15) is 13.2 Å². The fraction of sp³-hybridized carbons (Fsp3) is 0.375. The van der Waals surface area contributed by atoms with Crippen molar-refractivity contribution in [1.29, 1.82) is 0 Å². The third-order valence-corrected chi connectivity index (χ3v) is 1.99. The van der Waals surface area contributed by atoms with E-state index in [0.29, 0.717) is 6.07 Å².